The van der Waals surface area contributed by atoms with Crippen LogP contribution in [0.1, 0.15) is 24.9 Å². The highest BCUT2D eigenvalue weighted by molar-refractivity contribution is 4.98. The molecule has 0 unspecified atom stereocenters. The van der Waals surface area contributed by atoms with Gasteiger partial charge in [-0.2, -0.15) is 0 Å². The first-order valence-electron chi connectivity index (χ1n) is 6.34. The minimum atomic E-state index is 0.845. The molecule has 0 radical (unpaired) electrons. The minimum absolute atomic E-state index is 0.845. The number of nitrogens with zero attached hydrogens (tertiary/aromatic N) is 5. The van der Waals surface area contributed by atoms with Gasteiger partial charge >= 0.3 is 0 Å². The summed E-state index contributed by atoms with van der Waals surface area (Å²) in [5.41, 5.74) is 1.23. The largest absolute Gasteiger partial charge is 0.333 e. The average molecular weight is 248 g/mol. The Kier molecular flexibility index (Phi) is 4.46. The zero-order valence-corrected chi connectivity index (χ0v) is 11.0. The Morgan fingerprint density at radius 1 is 1.33 bits per heavy atom. The molecule has 2 rings (SSSR count). The van der Waals surface area contributed by atoms with Crippen molar-refractivity contribution in [2.45, 2.75) is 32.9 Å². The van der Waals surface area contributed by atoms with Crippen molar-refractivity contribution in [3.05, 3.63) is 30.4 Å². The number of aryl methyl sites for hydroxylation is 2. The molecule has 0 fully saturated rings. The third kappa shape index (κ3) is 3.16. The van der Waals surface area contributed by atoms with Crippen LogP contribution in [0.5, 0.6) is 0 Å². The van der Waals surface area contributed by atoms with Gasteiger partial charge in [-0.1, -0.05) is 6.92 Å². The lowest BCUT2D eigenvalue weighted by Gasteiger charge is -2.07. The molecule has 0 saturated heterocycles. The summed E-state index contributed by atoms with van der Waals surface area (Å²) in [6.45, 7) is 4.94. The first-order chi connectivity index (χ1) is 8.81. The standard InChI is InChI=1S/C12H20N6/c1-3-6-18-9-14-8-11(18)7-13-5-4-12-16-15-10-17(12)2/h8-10,13H,3-7H2,1-2H3. The van der Waals surface area contributed by atoms with Crippen LogP contribution in [0, 0.1) is 0 Å². The number of hydrogen-bond acceptors (Lipinski definition) is 4. The molecule has 2 heterocycles. The van der Waals surface area contributed by atoms with Crippen LogP contribution in [0.15, 0.2) is 18.9 Å². The van der Waals surface area contributed by atoms with E-state index >= 15 is 0 Å². The summed E-state index contributed by atoms with van der Waals surface area (Å²) in [7, 11) is 1.96. The monoisotopic (exact) mass is 248 g/mol. The molecule has 2 aromatic rings. The van der Waals surface area contributed by atoms with Crippen LogP contribution in [0.4, 0.5) is 0 Å². The van der Waals surface area contributed by atoms with E-state index in [2.05, 4.69) is 32.0 Å². The van der Waals surface area contributed by atoms with Crippen molar-refractivity contribution in [1.82, 2.24) is 29.6 Å². The summed E-state index contributed by atoms with van der Waals surface area (Å²) < 4.78 is 4.14. The summed E-state index contributed by atoms with van der Waals surface area (Å²) in [6.07, 6.45) is 7.56. The highest BCUT2D eigenvalue weighted by Crippen LogP contribution is 2.00. The fraction of sp³-hybridized carbons (Fsp3) is 0.583. The van der Waals surface area contributed by atoms with Gasteiger partial charge in [0.05, 0.1) is 12.0 Å². The number of hydrogen-bond donors (Lipinski definition) is 1. The van der Waals surface area contributed by atoms with Gasteiger partial charge < -0.3 is 14.5 Å². The molecule has 0 saturated carbocycles. The van der Waals surface area contributed by atoms with Crippen molar-refractivity contribution in [2.24, 2.45) is 7.05 Å². The number of rotatable bonds is 7. The van der Waals surface area contributed by atoms with Crippen molar-refractivity contribution < 1.29 is 0 Å². The van der Waals surface area contributed by atoms with Gasteiger partial charge in [-0.05, 0) is 6.42 Å². The van der Waals surface area contributed by atoms with Crippen molar-refractivity contribution >= 4 is 0 Å². The second-order valence-electron chi connectivity index (χ2n) is 4.36. The number of nitrogens with one attached hydrogen (secondary N) is 1. The maximum atomic E-state index is 4.18. The molecule has 6 nitrogen and oxygen atoms in total. The molecule has 0 amide bonds. The summed E-state index contributed by atoms with van der Waals surface area (Å²) in [6, 6.07) is 0. The fourth-order valence-corrected chi connectivity index (χ4v) is 1.89. The Labute approximate surface area is 107 Å². The van der Waals surface area contributed by atoms with E-state index in [-0.39, 0.29) is 0 Å². The molecule has 18 heavy (non-hydrogen) atoms. The summed E-state index contributed by atoms with van der Waals surface area (Å²) in [5.74, 6) is 1.00. The van der Waals surface area contributed by atoms with E-state index in [1.165, 1.54) is 5.69 Å². The van der Waals surface area contributed by atoms with E-state index in [4.69, 9.17) is 0 Å². The van der Waals surface area contributed by atoms with Crippen LogP contribution in [-0.4, -0.2) is 30.9 Å². The van der Waals surface area contributed by atoms with E-state index in [1.54, 1.807) is 6.33 Å². The van der Waals surface area contributed by atoms with Gasteiger partial charge in [0.2, 0.25) is 0 Å². The lowest BCUT2D eigenvalue weighted by Crippen LogP contribution is -2.20. The van der Waals surface area contributed by atoms with E-state index < -0.39 is 0 Å². The maximum absolute atomic E-state index is 4.18. The van der Waals surface area contributed by atoms with Gasteiger partial charge in [0, 0.05) is 39.3 Å². The molecule has 0 aliphatic heterocycles. The van der Waals surface area contributed by atoms with Crippen LogP contribution in [0.25, 0.3) is 0 Å². The number of imidazole rings is 1. The third-order valence-corrected chi connectivity index (χ3v) is 2.90. The molecule has 0 aromatic carbocycles. The molecule has 0 spiro atoms. The van der Waals surface area contributed by atoms with Gasteiger partial charge in [-0.15, -0.1) is 10.2 Å². The van der Waals surface area contributed by atoms with E-state index in [0.717, 1.165) is 38.3 Å². The Hall–Kier alpha value is -1.69. The highest BCUT2D eigenvalue weighted by Gasteiger charge is 2.02. The normalized spacial score (nSPS) is 11.0. The van der Waals surface area contributed by atoms with Crippen LogP contribution in [0.2, 0.25) is 0 Å². The third-order valence-electron chi connectivity index (χ3n) is 2.90. The van der Waals surface area contributed by atoms with E-state index in [9.17, 15) is 0 Å². The Morgan fingerprint density at radius 3 is 2.94 bits per heavy atom. The van der Waals surface area contributed by atoms with Crippen LogP contribution in [0.3, 0.4) is 0 Å². The minimum Gasteiger partial charge on any atom is -0.333 e. The van der Waals surface area contributed by atoms with E-state index in [0.29, 0.717) is 0 Å². The highest BCUT2D eigenvalue weighted by atomic mass is 15.2. The average Bonchev–Trinajstić information content (AvgIpc) is 2.95. The van der Waals surface area contributed by atoms with Crippen molar-refractivity contribution in [2.75, 3.05) is 6.54 Å². The van der Waals surface area contributed by atoms with Gasteiger partial charge in [0.25, 0.3) is 0 Å². The van der Waals surface area contributed by atoms with Gasteiger partial charge in [-0.25, -0.2) is 4.98 Å². The molecular weight excluding hydrogens is 228 g/mol. The zero-order chi connectivity index (χ0) is 12.8. The topological polar surface area (TPSA) is 60.6 Å². The SMILES string of the molecule is CCCn1cncc1CNCCc1nncn1C. The molecule has 0 aliphatic carbocycles. The molecular formula is C12H20N6. The molecule has 1 N–H and O–H groups in total. The smallest absolute Gasteiger partial charge is 0.133 e. The molecule has 2 aromatic heterocycles. The Morgan fingerprint density at radius 2 is 2.22 bits per heavy atom. The zero-order valence-electron chi connectivity index (χ0n) is 11.0. The van der Waals surface area contributed by atoms with Crippen LogP contribution >= 0.6 is 0 Å². The second kappa shape index (κ2) is 6.30. The lowest BCUT2D eigenvalue weighted by molar-refractivity contribution is 0.593. The maximum Gasteiger partial charge on any atom is 0.133 e. The van der Waals surface area contributed by atoms with Gasteiger partial charge in [0.15, 0.2) is 0 Å². The lowest BCUT2D eigenvalue weighted by atomic mass is 10.3. The molecule has 98 valence electrons. The summed E-state index contributed by atoms with van der Waals surface area (Å²) in [5, 5.41) is 11.3. The Balaban J connectivity index is 1.75. The summed E-state index contributed by atoms with van der Waals surface area (Å²) in [4.78, 5) is 4.18. The quantitative estimate of drug-likeness (QED) is 0.735. The van der Waals surface area contributed by atoms with Gasteiger partial charge in [0.1, 0.15) is 12.2 Å². The Bertz CT molecular complexity index is 472. The first kappa shape index (κ1) is 12.8. The summed E-state index contributed by atoms with van der Waals surface area (Å²) >= 11 is 0. The predicted molar refractivity (Wildman–Crippen MR) is 68.9 cm³/mol. The second-order valence-corrected chi connectivity index (χ2v) is 4.36. The van der Waals surface area contributed by atoms with Crippen LogP contribution in [-0.2, 0) is 26.6 Å². The van der Waals surface area contributed by atoms with Crippen LogP contribution < -0.4 is 5.32 Å². The predicted octanol–water partition coefficient (Wildman–Crippen LogP) is 0.754. The first-order valence-corrected chi connectivity index (χ1v) is 6.34. The number of aromatic nitrogens is 5. The van der Waals surface area contributed by atoms with Gasteiger partial charge in [-0.3, -0.25) is 0 Å². The molecule has 6 heteroatoms. The van der Waals surface area contributed by atoms with Crippen molar-refractivity contribution in [3.8, 4) is 0 Å². The van der Waals surface area contributed by atoms with Crippen molar-refractivity contribution in [3.63, 3.8) is 0 Å². The molecule has 0 aliphatic rings. The molecule has 0 atom stereocenters. The van der Waals surface area contributed by atoms with Crippen molar-refractivity contribution in [1.29, 1.82) is 0 Å². The fourth-order valence-electron chi connectivity index (χ4n) is 1.89. The molecule has 0 bridgehead atoms. The van der Waals surface area contributed by atoms with E-state index in [1.807, 2.05) is 24.1 Å².